The topological polar surface area (TPSA) is 52.3 Å². The predicted octanol–water partition coefficient (Wildman–Crippen LogP) is 2.79. The van der Waals surface area contributed by atoms with Crippen molar-refractivity contribution in [2.45, 2.75) is 13.5 Å². The molecule has 0 saturated heterocycles. The number of fused-ring (bicyclic) bond motifs is 3. The maximum absolute atomic E-state index is 13.7. The Balaban J connectivity index is 2.19. The molecule has 1 heterocycles. The Morgan fingerprint density at radius 1 is 1.26 bits per heavy atom. The maximum Gasteiger partial charge on any atom is 0.248 e. The number of carbonyl (C=O) groups is 1. The van der Waals surface area contributed by atoms with Crippen molar-refractivity contribution < 1.29 is 13.9 Å². The van der Waals surface area contributed by atoms with Crippen LogP contribution in [0.3, 0.4) is 0 Å². The van der Waals surface area contributed by atoms with Crippen molar-refractivity contribution in [1.82, 2.24) is 0 Å². The summed E-state index contributed by atoms with van der Waals surface area (Å²) in [7, 11) is 0. The number of rotatable bonds is 1. The molecule has 0 bridgehead atoms. The zero-order valence-corrected chi connectivity index (χ0v) is 10.4. The Bertz CT molecular complexity index is 695. The van der Waals surface area contributed by atoms with Crippen LogP contribution in [0.4, 0.5) is 4.39 Å². The van der Waals surface area contributed by atoms with Gasteiger partial charge >= 0.3 is 0 Å². The van der Waals surface area contributed by atoms with Gasteiger partial charge in [-0.3, -0.25) is 4.79 Å². The normalized spacial score (nSPS) is 12.3. The van der Waals surface area contributed by atoms with Crippen LogP contribution in [0.2, 0.25) is 0 Å². The Hall–Kier alpha value is -2.36. The second-order valence-corrected chi connectivity index (χ2v) is 4.62. The predicted molar refractivity (Wildman–Crippen MR) is 69.4 cm³/mol. The summed E-state index contributed by atoms with van der Waals surface area (Å²) in [5, 5.41) is 0. The standard InChI is InChI=1S/C15H12FNO2/c1-8-4-14-12(6-13(8)16)11-3-2-9(15(17)18)5-10(11)7-19-14/h2-6H,7H2,1H3,(H2,17,18). The van der Waals surface area contributed by atoms with Crippen molar-refractivity contribution in [1.29, 1.82) is 0 Å². The molecule has 4 heteroatoms. The number of halogens is 1. The number of benzene rings is 2. The highest BCUT2D eigenvalue weighted by Gasteiger charge is 2.20. The minimum atomic E-state index is -0.483. The first-order valence-electron chi connectivity index (χ1n) is 5.92. The smallest absolute Gasteiger partial charge is 0.248 e. The van der Waals surface area contributed by atoms with E-state index in [1.165, 1.54) is 6.07 Å². The molecular formula is C15H12FNO2. The van der Waals surface area contributed by atoms with E-state index in [4.69, 9.17) is 10.5 Å². The van der Waals surface area contributed by atoms with Crippen LogP contribution < -0.4 is 10.5 Å². The van der Waals surface area contributed by atoms with Crippen LogP contribution in [0.15, 0.2) is 30.3 Å². The lowest BCUT2D eigenvalue weighted by atomic mass is 9.94. The molecule has 0 fully saturated rings. The molecule has 2 aromatic carbocycles. The molecule has 0 unspecified atom stereocenters. The highest BCUT2D eigenvalue weighted by molar-refractivity contribution is 5.94. The zero-order valence-electron chi connectivity index (χ0n) is 10.4. The average Bonchev–Trinajstić information content (AvgIpc) is 2.39. The summed E-state index contributed by atoms with van der Waals surface area (Å²) in [6.45, 7) is 2.05. The van der Waals surface area contributed by atoms with Crippen molar-refractivity contribution in [2.24, 2.45) is 5.73 Å². The van der Waals surface area contributed by atoms with E-state index >= 15 is 0 Å². The van der Waals surface area contributed by atoms with Gasteiger partial charge in [0.05, 0.1) is 0 Å². The summed E-state index contributed by atoms with van der Waals surface area (Å²) in [6, 6.07) is 8.28. The number of hydrogen-bond donors (Lipinski definition) is 1. The van der Waals surface area contributed by atoms with Crippen LogP contribution in [-0.4, -0.2) is 5.91 Å². The van der Waals surface area contributed by atoms with Gasteiger partial charge < -0.3 is 10.5 Å². The molecule has 96 valence electrons. The molecule has 1 aliphatic heterocycles. The summed E-state index contributed by atoms with van der Waals surface area (Å²) in [4.78, 5) is 11.2. The molecule has 1 aliphatic rings. The average molecular weight is 257 g/mol. The molecule has 19 heavy (non-hydrogen) atoms. The molecule has 0 spiro atoms. The van der Waals surface area contributed by atoms with Crippen molar-refractivity contribution in [3.63, 3.8) is 0 Å². The minimum Gasteiger partial charge on any atom is -0.488 e. The third-order valence-electron chi connectivity index (χ3n) is 3.32. The van der Waals surface area contributed by atoms with Gasteiger partial charge in [0.25, 0.3) is 0 Å². The molecule has 0 aromatic heterocycles. The fraction of sp³-hybridized carbons (Fsp3) is 0.133. The summed E-state index contributed by atoms with van der Waals surface area (Å²) in [5.41, 5.74) is 8.65. The third-order valence-corrected chi connectivity index (χ3v) is 3.32. The first kappa shape index (κ1) is 11.7. The van der Waals surface area contributed by atoms with E-state index in [2.05, 4.69) is 0 Å². The van der Waals surface area contributed by atoms with E-state index in [-0.39, 0.29) is 5.82 Å². The van der Waals surface area contributed by atoms with Gasteiger partial charge in [0.15, 0.2) is 0 Å². The van der Waals surface area contributed by atoms with Crippen LogP contribution in [0.1, 0.15) is 21.5 Å². The maximum atomic E-state index is 13.7. The van der Waals surface area contributed by atoms with Gasteiger partial charge in [-0.05, 0) is 47.9 Å². The van der Waals surface area contributed by atoms with Crippen LogP contribution in [-0.2, 0) is 6.61 Å². The lowest BCUT2D eigenvalue weighted by Gasteiger charge is -2.21. The van der Waals surface area contributed by atoms with Gasteiger partial charge in [-0.15, -0.1) is 0 Å². The van der Waals surface area contributed by atoms with Crippen molar-refractivity contribution in [3.8, 4) is 16.9 Å². The number of amides is 1. The number of hydrogen-bond acceptors (Lipinski definition) is 2. The monoisotopic (exact) mass is 257 g/mol. The van der Waals surface area contributed by atoms with Crippen molar-refractivity contribution in [3.05, 3.63) is 52.8 Å². The van der Waals surface area contributed by atoms with E-state index in [0.717, 1.165) is 11.1 Å². The summed E-state index contributed by atoms with van der Waals surface area (Å²) in [5.74, 6) is -0.0870. The third kappa shape index (κ3) is 1.85. The molecule has 0 radical (unpaired) electrons. The van der Waals surface area contributed by atoms with Crippen LogP contribution in [0.5, 0.6) is 5.75 Å². The quantitative estimate of drug-likeness (QED) is 0.854. The molecule has 1 amide bonds. The van der Waals surface area contributed by atoms with Crippen molar-refractivity contribution in [2.75, 3.05) is 0 Å². The number of aryl methyl sites for hydroxylation is 1. The first-order chi connectivity index (χ1) is 9.06. The number of nitrogens with two attached hydrogens (primary N) is 1. The van der Waals surface area contributed by atoms with Crippen LogP contribution in [0, 0.1) is 12.7 Å². The Morgan fingerprint density at radius 2 is 2.05 bits per heavy atom. The lowest BCUT2D eigenvalue weighted by molar-refractivity contribution is 0.1000. The van der Waals surface area contributed by atoms with Gasteiger partial charge in [0.2, 0.25) is 5.91 Å². The van der Waals surface area contributed by atoms with Crippen LogP contribution >= 0.6 is 0 Å². The molecule has 2 N–H and O–H groups in total. The Labute approximate surface area is 109 Å². The molecular weight excluding hydrogens is 245 g/mol. The Morgan fingerprint density at radius 3 is 2.79 bits per heavy atom. The summed E-state index contributed by atoms with van der Waals surface area (Å²) < 4.78 is 19.3. The molecule has 3 nitrogen and oxygen atoms in total. The van der Waals surface area contributed by atoms with E-state index in [1.807, 2.05) is 0 Å². The largest absolute Gasteiger partial charge is 0.488 e. The summed E-state index contributed by atoms with van der Waals surface area (Å²) >= 11 is 0. The van der Waals surface area contributed by atoms with E-state index < -0.39 is 5.91 Å². The minimum absolute atomic E-state index is 0.269. The van der Waals surface area contributed by atoms with Crippen LogP contribution in [0.25, 0.3) is 11.1 Å². The van der Waals surface area contributed by atoms with E-state index in [0.29, 0.717) is 29.0 Å². The lowest BCUT2D eigenvalue weighted by Crippen LogP contribution is -2.13. The zero-order chi connectivity index (χ0) is 13.6. The van der Waals surface area contributed by atoms with E-state index in [1.54, 1.807) is 31.2 Å². The fourth-order valence-electron chi connectivity index (χ4n) is 2.27. The van der Waals surface area contributed by atoms with Crippen molar-refractivity contribution >= 4 is 5.91 Å². The highest BCUT2D eigenvalue weighted by atomic mass is 19.1. The van der Waals surface area contributed by atoms with Gasteiger partial charge in [-0.2, -0.15) is 0 Å². The Kier molecular flexibility index (Phi) is 2.52. The molecule has 0 aliphatic carbocycles. The first-order valence-corrected chi connectivity index (χ1v) is 5.92. The van der Waals surface area contributed by atoms with Gasteiger partial charge in [0, 0.05) is 11.1 Å². The van der Waals surface area contributed by atoms with E-state index in [9.17, 15) is 9.18 Å². The SMILES string of the molecule is Cc1cc2c(cc1F)-c1ccc(C(N)=O)cc1CO2. The second kappa shape index (κ2) is 4.09. The highest BCUT2D eigenvalue weighted by Crippen LogP contribution is 2.39. The fourth-order valence-corrected chi connectivity index (χ4v) is 2.27. The molecule has 0 atom stereocenters. The number of carbonyl (C=O) groups excluding carboxylic acids is 1. The second-order valence-electron chi connectivity index (χ2n) is 4.62. The molecule has 3 rings (SSSR count). The van der Waals surface area contributed by atoms with Gasteiger partial charge in [-0.25, -0.2) is 4.39 Å². The van der Waals surface area contributed by atoms with Gasteiger partial charge in [0.1, 0.15) is 18.2 Å². The summed E-state index contributed by atoms with van der Waals surface area (Å²) in [6.07, 6.45) is 0. The molecule has 2 aromatic rings. The number of primary amides is 1. The van der Waals surface area contributed by atoms with Gasteiger partial charge in [-0.1, -0.05) is 6.07 Å². The number of ether oxygens (including phenoxy) is 1. The molecule has 0 saturated carbocycles.